The van der Waals surface area contributed by atoms with Crippen molar-refractivity contribution in [2.24, 2.45) is 10.7 Å². The quantitative estimate of drug-likeness (QED) is 0.420. The highest BCUT2D eigenvalue weighted by molar-refractivity contribution is 5.56. The van der Waals surface area contributed by atoms with E-state index in [0.717, 1.165) is 32.7 Å². The van der Waals surface area contributed by atoms with E-state index in [0.29, 0.717) is 6.54 Å². The molecule has 70 valence electrons. The highest BCUT2D eigenvalue weighted by Crippen LogP contribution is 1.86. The van der Waals surface area contributed by atoms with Crippen LogP contribution in [0.3, 0.4) is 0 Å². The first kappa shape index (κ1) is 9.44. The highest BCUT2D eigenvalue weighted by Gasteiger charge is 2.02. The van der Waals surface area contributed by atoms with Gasteiger partial charge in [0.1, 0.15) is 0 Å². The second kappa shape index (κ2) is 5.93. The van der Waals surface area contributed by atoms with Crippen molar-refractivity contribution in [1.29, 1.82) is 0 Å². The third-order valence-electron chi connectivity index (χ3n) is 1.63. The van der Waals surface area contributed by atoms with Crippen molar-refractivity contribution in [3.05, 3.63) is 0 Å². The number of aliphatic imine (C=N–C) groups is 1. The number of nitrogens with two attached hydrogens (primary N) is 1. The lowest BCUT2D eigenvalue weighted by molar-refractivity contribution is 0.341. The Balaban J connectivity index is 1.85. The first-order valence-electron chi connectivity index (χ1n) is 4.34. The van der Waals surface area contributed by atoms with Gasteiger partial charge >= 0.3 is 0 Å². The Labute approximate surface area is 73.0 Å². The van der Waals surface area contributed by atoms with Gasteiger partial charge in [-0.25, -0.2) is 5.43 Å². The molecule has 1 aliphatic heterocycles. The summed E-state index contributed by atoms with van der Waals surface area (Å²) in [6.07, 6.45) is 1.84. The zero-order valence-corrected chi connectivity index (χ0v) is 7.29. The molecular formula is C7H17N5. The van der Waals surface area contributed by atoms with E-state index in [1.165, 1.54) is 0 Å². The van der Waals surface area contributed by atoms with Crippen molar-refractivity contribution in [2.75, 3.05) is 39.3 Å². The molecule has 0 aromatic carbocycles. The summed E-state index contributed by atoms with van der Waals surface area (Å²) in [7, 11) is 0. The number of hydrogen-bond donors (Lipinski definition) is 3. The Morgan fingerprint density at radius 1 is 1.42 bits per heavy atom. The first-order chi connectivity index (χ1) is 5.93. The zero-order chi connectivity index (χ0) is 8.65. The van der Waals surface area contributed by atoms with E-state index >= 15 is 0 Å². The van der Waals surface area contributed by atoms with Crippen LogP contribution in [0.15, 0.2) is 4.99 Å². The van der Waals surface area contributed by atoms with Gasteiger partial charge < -0.3 is 11.1 Å². The van der Waals surface area contributed by atoms with Gasteiger partial charge in [-0.1, -0.05) is 0 Å². The van der Waals surface area contributed by atoms with Crippen LogP contribution in [-0.2, 0) is 0 Å². The topological polar surface area (TPSA) is 65.7 Å². The maximum Gasteiger partial charge on any atom is 0.0993 e. The summed E-state index contributed by atoms with van der Waals surface area (Å²) in [5.41, 5.74) is 8.54. The van der Waals surface area contributed by atoms with Gasteiger partial charge in [-0.3, -0.25) is 10.0 Å². The molecule has 1 aliphatic rings. The van der Waals surface area contributed by atoms with Gasteiger partial charge in [-0.05, 0) is 0 Å². The molecule has 0 saturated carbocycles. The average Bonchev–Trinajstić information content (AvgIpc) is 2.57. The van der Waals surface area contributed by atoms with Gasteiger partial charge in [-0.2, -0.15) is 0 Å². The molecule has 0 fully saturated rings. The number of nitrogens with zero attached hydrogens (tertiary/aromatic N) is 2. The smallest absolute Gasteiger partial charge is 0.0993 e. The molecule has 5 nitrogen and oxygen atoms in total. The molecule has 1 heterocycles. The number of hydrogen-bond acceptors (Lipinski definition) is 5. The fraction of sp³-hybridized carbons (Fsp3) is 0.857. The largest absolute Gasteiger partial charge is 0.329 e. The van der Waals surface area contributed by atoms with Gasteiger partial charge in [0.15, 0.2) is 0 Å². The fourth-order valence-corrected chi connectivity index (χ4v) is 1.01. The second-order valence-corrected chi connectivity index (χ2v) is 2.66. The average molecular weight is 171 g/mol. The minimum Gasteiger partial charge on any atom is -0.329 e. The molecule has 1 rings (SSSR count). The van der Waals surface area contributed by atoms with Crippen LogP contribution >= 0.6 is 0 Å². The highest BCUT2D eigenvalue weighted by atomic mass is 15.5. The number of nitrogens with one attached hydrogen (secondary N) is 2. The van der Waals surface area contributed by atoms with E-state index in [-0.39, 0.29) is 0 Å². The number of rotatable bonds is 6. The fourth-order valence-electron chi connectivity index (χ4n) is 1.01. The molecule has 4 N–H and O–H groups in total. The summed E-state index contributed by atoms with van der Waals surface area (Å²) in [6.45, 7) is 5.34. The van der Waals surface area contributed by atoms with Crippen molar-refractivity contribution >= 4 is 6.34 Å². The molecule has 0 unspecified atom stereocenters. The Kier molecular flexibility index (Phi) is 4.67. The SMILES string of the molecule is NCCNCCNN1C=NCC1. The van der Waals surface area contributed by atoms with E-state index in [2.05, 4.69) is 15.7 Å². The van der Waals surface area contributed by atoms with Crippen LogP contribution in [0, 0.1) is 0 Å². The van der Waals surface area contributed by atoms with Crippen molar-refractivity contribution in [2.45, 2.75) is 0 Å². The molecule has 5 heteroatoms. The Hall–Kier alpha value is -0.650. The van der Waals surface area contributed by atoms with Gasteiger partial charge in [0.05, 0.1) is 19.4 Å². The summed E-state index contributed by atoms with van der Waals surface area (Å²) in [6, 6.07) is 0. The van der Waals surface area contributed by atoms with Crippen LogP contribution in [-0.4, -0.2) is 50.6 Å². The van der Waals surface area contributed by atoms with E-state index in [1.54, 1.807) is 0 Å². The predicted octanol–water partition coefficient (Wildman–Crippen LogP) is -1.62. The summed E-state index contributed by atoms with van der Waals surface area (Å²) in [5, 5.41) is 5.20. The molecule has 0 radical (unpaired) electrons. The standard InChI is InChI=1S/C7H17N5/c8-1-2-9-3-4-11-12-6-5-10-7-12/h7,9,11H,1-6,8H2. The lowest BCUT2D eigenvalue weighted by Crippen LogP contribution is -2.40. The van der Waals surface area contributed by atoms with Crippen LogP contribution in [0.4, 0.5) is 0 Å². The van der Waals surface area contributed by atoms with E-state index in [1.807, 2.05) is 11.3 Å². The lowest BCUT2D eigenvalue weighted by atomic mass is 10.5. The summed E-state index contributed by atoms with van der Waals surface area (Å²) in [4.78, 5) is 4.08. The van der Waals surface area contributed by atoms with E-state index < -0.39 is 0 Å². The molecule has 0 spiro atoms. The van der Waals surface area contributed by atoms with Crippen LogP contribution in [0.2, 0.25) is 0 Å². The first-order valence-corrected chi connectivity index (χ1v) is 4.34. The van der Waals surface area contributed by atoms with Gasteiger partial charge in [0.2, 0.25) is 0 Å². The lowest BCUT2D eigenvalue weighted by Gasteiger charge is -2.15. The second-order valence-electron chi connectivity index (χ2n) is 2.66. The molecule has 0 amide bonds. The normalized spacial score (nSPS) is 15.9. The summed E-state index contributed by atoms with van der Waals surface area (Å²) in [5.74, 6) is 0. The van der Waals surface area contributed by atoms with Gasteiger partial charge in [0, 0.05) is 26.2 Å². The molecule has 0 aromatic heterocycles. The van der Waals surface area contributed by atoms with Gasteiger partial charge in [-0.15, -0.1) is 0 Å². The van der Waals surface area contributed by atoms with Crippen molar-refractivity contribution in [3.8, 4) is 0 Å². The molecule has 0 atom stereocenters. The molecule has 0 aromatic rings. The third-order valence-corrected chi connectivity index (χ3v) is 1.63. The van der Waals surface area contributed by atoms with Crippen LogP contribution in [0.5, 0.6) is 0 Å². The Bertz CT molecular complexity index is 136. The number of hydrazine groups is 1. The van der Waals surface area contributed by atoms with E-state index in [4.69, 9.17) is 5.73 Å². The van der Waals surface area contributed by atoms with E-state index in [9.17, 15) is 0 Å². The zero-order valence-electron chi connectivity index (χ0n) is 7.29. The monoisotopic (exact) mass is 171 g/mol. The Morgan fingerprint density at radius 2 is 2.33 bits per heavy atom. The van der Waals surface area contributed by atoms with Crippen LogP contribution < -0.4 is 16.5 Å². The molecule has 0 saturated heterocycles. The van der Waals surface area contributed by atoms with Crippen molar-refractivity contribution in [1.82, 2.24) is 15.8 Å². The molecule has 12 heavy (non-hydrogen) atoms. The predicted molar refractivity (Wildman–Crippen MR) is 50.0 cm³/mol. The van der Waals surface area contributed by atoms with Crippen molar-refractivity contribution in [3.63, 3.8) is 0 Å². The molecule has 0 aliphatic carbocycles. The maximum absolute atomic E-state index is 5.32. The summed E-state index contributed by atoms with van der Waals surface area (Å²) >= 11 is 0. The Morgan fingerprint density at radius 3 is 3.00 bits per heavy atom. The van der Waals surface area contributed by atoms with Crippen molar-refractivity contribution < 1.29 is 0 Å². The molecular weight excluding hydrogens is 154 g/mol. The molecule has 0 bridgehead atoms. The maximum atomic E-state index is 5.32. The minimum atomic E-state index is 0.700. The van der Waals surface area contributed by atoms with Crippen LogP contribution in [0.25, 0.3) is 0 Å². The minimum absolute atomic E-state index is 0.700. The van der Waals surface area contributed by atoms with Gasteiger partial charge in [0.25, 0.3) is 0 Å². The summed E-state index contributed by atoms with van der Waals surface area (Å²) < 4.78 is 0. The van der Waals surface area contributed by atoms with Crippen LogP contribution in [0.1, 0.15) is 0 Å². The third kappa shape index (κ3) is 3.66.